The molecule has 0 spiro atoms. The molecule has 36 heavy (non-hydrogen) atoms. The summed E-state index contributed by atoms with van der Waals surface area (Å²) in [5.74, 6) is 0. The van der Waals surface area contributed by atoms with E-state index in [1.165, 1.54) is 86.7 Å². The second-order valence-corrected chi connectivity index (χ2v) is 13.7. The minimum atomic E-state index is 0.334. The van der Waals surface area contributed by atoms with Crippen molar-refractivity contribution in [2.24, 2.45) is 0 Å². The van der Waals surface area contributed by atoms with Crippen molar-refractivity contribution in [2.45, 2.75) is 125 Å². The monoisotopic (exact) mass is 502 g/mol. The molecule has 8 unspecified atom stereocenters. The highest BCUT2D eigenvalue weighted by Crippen LogP contribution is 2.51. The van der Waals surface area contributed by atoms with E-state index in [4.69, 9.17) is 4.74 Å². The minimum absolute atomic E-state index is 0.334. The highest BCUT2D eigenvalue weighted by Gasteiger charge is 2.54. The summed E-state index contributed by atoms with van der Waals surface area (Å²) in [6.07, 6.45) is 13.9. The van der Waals surface area contributed by atoms with Gasteiger partial charge < -0.3 is 14.5 Å². The largest absolute Gasteiger partial charge is 0.371 e. The number of morpholine rings is 1. The van der Waals surface area contributed by atoms with E-state index in [0.717, 1.165) is 5.25 Å². The highest BCUT2D eigenvalue weighted by molar-refractivity contribution is 8.00. The van der Waals surface area contributed by atoms with Crippen molar-refractivity contribution in [1.82, 2.24) is 0 Å². The van der Waals surface area contributed by atoms with Crippen LogP contribution in [0.5, 0.6) is 0 Å². The summed E-state index contributed by atoms with van der Waals surface area (Å²) in [6.45, 7) is 4.42. The second kappa shape index (κ2) is 9.58. The van der Waals surface area contributed by atoms with Crippen molar-refractivity contribution < 1.29 is 4.74 Å². The van der Waals surface area contributed by atoms with Crippen LogP contribution in [0, 0.1) is 13.8 Å². The number of anilines is 2. The predicted molar refractivity (Wildman–Crippen MR) is 152 cm³/mol. The van der Waals surface area contributed by atoms with Gasteiger partial charge in [-0.05, 0) is 76.6 Å². The molecule has 3 aliphatic carbocycles. The summed E-state index contributed by atoms with van der Waals surface area (Å²) in [4.78, 5) is 5.75. The van der Waals surface area contributed by atoms with E-state index in [2.05, 4.69) is 83.9 Å². The summed E-state index contributed by atoms with van der Waals surface area (Å²) in [5.41, 5.74) is 5.60. The lowest BCUT2D eigenvalue weighted by Gasteiger charge is -2.61. The highest BCUT2D eigenvalue weighted by atomic mass is 32.2. The van der Waals surface area contributed by atoms with Crippen LogP contribution in [-0.4, -0.2) is 46.9 Å². The molecule has 2 aromatic rings. The van der Waals surface area contributed by atoms with Gasteiger partial charge in [-0.15, -0.1) is 0 Å². The van der Waals surface area contributed by atoms with E-state index in [1.54, 1.807) is 0 Å². The number of nitrogens with zero attached hydrogens (tertiary/aromatic N) is 2. The molecule has 5 fully saturated rings. The first kappa shape index (κ1) is 23.5. The molecule has 8 atom stereocenters. The van der Waals surface area contributed by atoms with Crippen molar-refractivity contribution in [3.05, 3.63) is 59.7 Å². The number of ether oxygens (including phenoxy) is 1. The third-order valence-electron chi connectivity index (χ3n) is 9.93. The lowest BCUT2D eigenvalue weighted by Crippen LogP contribution is -2.69. The maximum Gasteiger partial charge on any atom is 0.0803 e. The van der Waals surface area contributed by atoms with Crippen LogP contribution in [-0.2, 0) is 4.74 Å². The van der Waals surface area contributed by atoms with Gasteiger partial charge in [0.15, 0.2) is 0 Å². The Morgan fingerprint density at radius 1 is 0.583 bits per heavy atom. The molecule has 3 saturated carbocycles. The SMILES string of the molecule is Cc1ccc(N2C3CCCCC3OC3CC4C(CC32)SC2CCCCC2N4c2ccc(C)cc2)cc1. The molecule has 0 N–H and O–H groups in total. The number of fused-ring (bicyclic) bond motifs is 4. The molecule has 2 aliphatic heterocycles. The smallest absolute Gasteiger partial charge is 0.0803 e. The molecule has 0 amide bonds. The Bertz CT molecular complexity index is 969. The standard InChI is InChI=1S/C32H42N2OS/c1-21-11-15-23(16-12-21)33-25-7-3-5-9-29(25)35-30-19-28-32(20-27(30)33)36-31-10-6-4-8-26(31)34(28)24-17-13-22(2)14-18-24/h11-18,25-32H,3-10,19-20H2,1-2H3. The molecule has 3 nitrogen and oxygen atoms in total. The fourth-order valence-corrected chi connectivity index (χ4v) is 10.2. The molecule has 5 aliphatic rings. The molecule has 2 aromatic carbocycles. The number of hydrogen-bond acceptors (Lipinski definition) is 4. The van der Waals surface area contributed by atoms with Crippen molar-refractivity contribution in [2.75, 3.05) is 9.80 Å². The summed E-state index contributed by atoms with van der Waals surface area (Å²) >= 11 is 2.36. The zero-order valence-corrected chi connectivity index (χ0v) is 22.8. The van der Waals surface area contributed by atoms with Crippen LogP contribution in [0.3, 0.4) is 0 Å². The first-order valence-corrected chi connectivity index (χ1v) is 15.6. The van der Waals surface area contributed by atoms with Gasteiger partial charge >= 0.3 is 0 Å². The Morgan fingerprint density at radius 2 is 1.17 bits per heavy atom. The molecule has 7 rings (SSSR count). The first-order valence-electron chi connectivity index (χ1n) is 14.7. The van der Waals surface area contributed by atoms with Crippen LogP contribution in [0.2, 0.25) is 0 Å². The van der Waals surface area contributed by atoms with Crippen LogP contribution in [0.25, 0.3) is 0 Å². The molecule has 0 radical (unpaired) electrons. The Hall–Kier alpha value is -1.65. The third-order valence-corrected chi connectivity index (χ3v) is 11.7. The summed E-state index contributed by atoms with van der Waals surface area (Å²) < 4.78 is 7.08. The van der Waals surface area contributed by atoms with Crippen LogP contribution in [0.4, 0.5) is 11.4 Å². The third kappa shape index (κ3) is 4.07. The van der Waals surface area contributed by atoms with Crippen molar-refractivity contribution in [3.8, 4) is 0 Å². The van der Waals surface area contributed by atoms with Gasteiger partial charge in [0, 0.05) is 34.0 Å². The summed E-state index contributed by atoms with van der Waals surface area (Å²) in [6, 6.07) is 21.1. The fraction of sp³-hybridized carbons (Fsp3) is 0.625. The average Bonchev–Trinajstić information content (AvgIpc) is 2.91. The van der Waals surface area contributed by atoms with Gasteiger partial charge in [0.1, 0.15) is 0 Å². The van der Waals surface area contributed by atoms with Gasteiger partial charge in [-0.2, -0.15) is 11.8 Å². The zero-order valence-electron chi connectivity index (χ0n) is 22.0. The van der Waals surface area contributed by atoms with Gasteiger partial charge in [0.05, 0.1) is 24.3 Å². The van der Waals surface area contributed by atoms with Crippen LogP contribution in [0.15, 0.2) is 48.5 Å². The molecular formula is C32H42N2OS. The number of benzene rings is 2. The van der Waals surface area contributed by atoms with Crippen molar-refractivity contribution >= 4 is 23.1 Å². The normalized spacial score (nSPS) is 37.9. The molecule has 192 valence electrons. The molecule has 0 aromatic heterocycles. The number of thioether (sulfide) groups is 1. The molecule has 2 heterocycles. The van der Waals surface area contributed by atoms with Crippen LogP contribution < -0.4 is 9.80 Å². The van der Waals surface area contributed by atoms with Gasteiger partial charge in [-0.3, -0.25) is 0 Å². The molecular weight excluding hydrogens is 460 g/mol. The molecule has 2 saturated heterocycles. The zero-order chi connectivity index (χ0) is 24.2. The van der Waals surface area contributed by atoms with Crippen molar-refractivity contribution in [3.63, 3.8) is 0 Å². The van der Waals surface area contributed by atoms with E-state index >= 15 is 0 Å². The summed E-state index contributed by atoms with van der Waals surface area (Å²) in [5, 5.41) is 1.46. The number of aryl methyl sites for hydroxylation is 2. The van der Waals surface area contributed by atoms with Gasteiger partial charge in [0.2, 0.25) is 0 Å². The summed E-state index contributed by atoms with van der Waals surface area (Å²) in [7, 11) is 0. The van der Waals surface area contributed by atoms with E-state index in [-0.39, 0.29) is 0 Å². The average molecular weight is 503 g/mol. The van der Waals surface area contributed by atoms with Crippen molar-refractivity contribution in [1.29, 1.82) is 0 Å². The van der Waals surface area contributed by atoms with Gasteiger partial charge in [0.25, 0.3) is 0 Å². The quantitative estimate of drug-likeness (QED) is 0.428. The van der Waals surface area contributed by atoms with Gasteiger partial charge in [-0.1, -0.05) is 61.1 Å². The van der Waals surface area contributed by atoms with E-state index < -0.39 is 0 Å². The Labute approximate surface area is 222 Å². The first-order chi connectivity index (χ1) is 17.7. The van der Waals surface area contributed by atoms with Crippen LogP contribution in [0.1, 0.15) is 75.3 Å². The minimum Gasteiger partial charge on any atom is -0.371 e. The second-order valence-electron chi connectivity index (χ2n) is 12.2. The van der Waals surface area contributed by atoms with E-state index in [0.29, 0.717) is 41.6 Å². The topological polar surface area (TPSA) is 15.7 Å². The number of rotatable bonds is 2. The fourth-order valence-electron chi connectivity index (χ4n) is 8.22. The molecule has 4 heteroatoms. The Kier molecular flexibility index (Phi) is 6.25. The van der Waals surface area contributed by atoms with E-state index in [9.17, 15) is 0 Å². The lowest BCUT2D eigenvalue weighted by molar-refractivity contribution is -0.0996. The molecule has 0 bridgehead atoms. The Morgan fingerprint density at radius 3 is 1.86 bits per heavy atom. The lowest BCUT2D eigenvalue weighted by atomic mass is 9.78. The predicted octanol–water partition coefficient (Wildman–Crippen LogP) is 7.28. The maximum atomic E-state index is 7.08. The maximum absolute atomic E-state index is 7.08. The van der Waals surface area contributed by atoms with Crippen LogP contribution >= 0.6 is 11.8 Å². The Balaban J connectivity index is 1.25. The van der Waals surface area contributed by atoms with E-state index in [1.807, 2.05) is 0 Å². The number of hydrogen-bond donors (Lipinski definition) is 0. The van der Waals surface area contributed by atoms with Gasteiger partial charge in [-0.25, -0.2) is 0 Å².